The van der Waals surface area contributed by atoms with Crippen molar-refractivity contribution < 1.29 is 9.90 Å². The van der Waals surface area contributed by atoms with E-state index in [-0.39, 0.29) is 12.0 Å². The molecule has 0 aromatic rings. The second-order valence-corrected chi connectivity index (χ2v) is 5.45. The molecule has 2 aliphatic heterocycles. The number of hydrogen-bond acceptors (Lipinski definition) is 2. The Morgan fingerprint density at radius 2 is 1.94 bits per heavy atom. The molecule has 2 heterocycles. The van der Waals surface area contributed by atoms with Crippen LogP contribution in [0.25, 0.3) is 0 Å². The summed E-state index contributed by atoms with van der Waals surface area (Å²) in [4.78, 5) is 14.4. The average Bonchev–Trinajstić information content (AvgIpc) is 2.50. The molecule has 3 heteroatoms. The number of fused-ring (bicyclic) bond motifs is 2. The number of carbonyl (C=O) groups excluding carboxylic acids is 1. The van der Waals surface area contributed by atoms with Gasteiger partial charge in [-0.2, -0.15) is 0 Å². The van der Waals surface area contributed by atoms with E-state index in [1.165, 1.54) is 0 Å². The highest BCUT2D eigenvalue weighted by Crippen LogP contribution is 2.36. The molecule has 1 N–H and O–H groups in total. The van der Waals surface area contributed by atoms with E-state index >= 15 is 0 Å². The molecule has 0 aromatic carbocycles. The number of hydrogen-bond donors (Lipinski definition) is 1. The number of rotatable bonds is 3. The monoisotopic (exact) mass is 225 g/mol. The number of piperidine rings is 1. The van der Waals surface area contributed by atoms with E-state index in [9.17, 15) is 9.90 Å². The maximum atomic E-state index is 12.3. The summed E-state index contributed by atoms with van der Waals surface area (Å²) in [5.41, 5.74) is 0. The Balaban J connectivity index is 2.02. The van der Waals surface area contributed by atoms with Crippen LogP contribution in [0, 0.1) is 5.92 Å². The first-order valence-electron chi connectivity index (χ1n) is 6.63. The van der Waals surface area contributed by atoms with Crippen molar-refractivity contribution in [3.63, 3.8) is 0 Å². The zero-order valence-corrected chi connectivity index (χ0v) is 10.4. The van der Waals surface area contributed by atoms with Gasteiger partial charge in [-0.1, -0.05) is 20.3 Å². The van der Waals surface area contributed by atoms with Crippen LogP contribution in [0.4, 0.5) is 0 Å². The van der Waals surface area contributed by atoms with E-state index in [0.717, 1.165) is 38.5 Å². The van der Waals surface area contributed by atoms with Gasteiger partial charge in [-0.15, -0.1) is 0 Å². The molecular formula is C13H23NO2. The van der Waals surface area contributed by atoms with Gasteiger partial charge in [0.25, 0.3) is 0 Å². The summed E-state index contributed by atoms with van der Waals surface area (Å²) in [5.74, 6) is 0.476. The van der Waals surface area contributed by atoms with Crippen LogP contribution in [0.2, 0.25) is 0 Å². The second-order valence-electron chi connectivity index (χ2n) is 5.45. The highest BCUT2D eigenvalue weighted by atomic mass is 16.3. The summed E-state index contributed by atoms with van der Waals surface area (Å²) in [6.45, 7) is 4.16. The van der Waals surface area contributed by atoms with Crippen molar-refractivity contribution in [1.82, 2.24) is 4.90 Å². The van der Waals surface area contributed by atoms with Crippen LogP contribution in [-0.4, -0.2) is 34.1 Å². The Bertz CT molecular complexity index is 253. The zero-order valence-electron chi connectivity index (χ0n) is 10.4. The second kappa shape index (κ2) is 4.74. The lowest BCUT2D eigenvalue weighted by Crippen LogP contribution is -2.49. The minimum Gasteiger partial charge on any atom is -0.393 e. The van der Waals surface area contributed by atoms with E-state index in [4.69, 9.17) is 0 Å². The molecule has 0 aliphatic carbocycles. The first-order valence-corrected chi connectivity index (χ1v) is 6.63. The highest BCUT2D eigenvalue weighted by Gasteiger charge is 2.43. The number of aliphatic hydroxyl groups excluding tert-OH is 1. The third-order valence-electron chi connectivity index (χ3n) is 4.11. The molecule has 1 unspecified atom stereocenters. The predicted octanol–water partition coefficient (Wildman–Crippen LogP) is 1.94. The molecule has 2 fully saturated rings. The van der Waals surface area contributed by atoms with Crippen LogP contribution in [-0.2, 0) is 4.79 Å². The summed E-state index contributed by atoms with van der Waals surface area (Å²) >= 11 is 0. The van der Waals surface area contributed by atoms with Gasteiger partial charge >= 0.3 is 0 Å². The number of carbonyl (C=O) groups is 1. The van der Waals surface area contributed by atoms with Gasteiger partial charge in [-0.3, -0.25) is 4.79 Å². The SMILES string of the molecule is CCCC(C)C(=O)N1[C@@H]2CC[C@H]1C[C@@H](O)C2. The molecule has 3 nitrogen and oxygen atoms in total. The fourth-order valence-electron chi connectivity index (χ4n) is 3.32. The molecular weight excluding hydrogens is 202 g/mol. The fraction of sp³-hybridized carbons (Fsp3) is 0.923. The summed E-state index contributed by atoms with van der Waals surface area (Å²) in [5, 5.41) is 9.69. The lowest BCUT2D eigenvalue weighted by molar-refractivity contribution is -0.141. The van der Waals surface area contributed by atoms with Gasteiger partial charge in [-0.25, -0.2) is 0 Å². The van der Waals surface area contributed by atoms with Crippen LogP contribution in [0.5, 0.6) is 0 Å². The number of nitrogens with zero attached hydrogens (tertiary/aromatic N) is 1. The molecule has 1 amide bonds. The van der Waals surface area contributed by atoms with Crippen molar-refractivity contribution in [2.45, 2.75) is 70.6 Å². The maximum Gasteiger partial charge on any atom is 0.225 e. The Kier molecular flexibility index (Phi) is 3.53. The molecule has 2 rings (SSSR count). The van der Waals surface area contributed by atoms with Crippen molar-refractivity contribution >= 4 is 5.91 Å². The van der Waals surface area contributed by atoms with Crippen molar-refractivity contribution in [1.29, 1.82) is 0 Å². The van der Waals surface area contributed by atoms with Crippen LogP contribution < -0.4 is 0 Å². The van der Waals surface area contributed by atoms with Gasteiger partial charge in [0.05, 0.1) is 6.10 Å². The molecule has 0 aromatic heterocycles. The van der Waals surface area contributed by atoms with Crippen molar-refractivity contribution in [2.75, 3.05) is 0 Å². The Morgan fingerprint density at radius 1 is 1.38 bits per heavy atom. The van der Waals surface area contributed by atoms with Gasteiger partial charge in [-0.05, 0) is 32.1 Å². The van der Waals surface area contributed by atoms with Crippen molar-refractivity contribution in [3.05, 3.63) is 0 Å². The highest BCUT2D eigenvalue weighted by molar-refractivity contribution is 5.79. The van der Waals surface area contributed by atoms with Gasteiger partial charge in [0.15, 0.2) is 0 Å². The Morgan fingerprint density at radius 3 is 2.44 bits per heavy atom. The molecule has 2 saturated heterocycles. The lowest BCUT2D eigenvalue weighted by Gasteiger charge is -2.38. The average molecular weight is 225 g/mol. The molecule has 0 spiro atoms. The standard InChI is InChI=1S/C13H23NO2/c1-3-4-9(2)13(16)14-10-5-6-11(14)8-12(15)7-10/h9-12,15H,3-8H2,1-2H3/t9?,10-,11+,12+. The van der Waals surface area contributed by atoms with Crippen LogP contribution in [0.1, 0.15) is 52.4 Å². The van der Waals surface area contributed by atoms with Crippen molar-refractivity contribution in [2.24, 2.45) is 5.92 Å². The van der Waals surface area contributed by atoms with E-state index in [0.29, 0.717) is 18.0 Å². The molecule has 92 valence electrons. The molecule has 0 radical (unpaired) electrons. The minimum atomic E-state index is -0.178. The quantitative estimate of drug-likeness (QED) is 0.797. The Labute approximate surface area is 97.8 Å². The summed E-state index contributed by atoms with van der Waals surface area (Å²) in [7, 11) is 0. The molecule has 4 atom stereocenters. The Hall–Kier alpha value is -0.570. The molecule has 2 bridgehead atoms. The molecule has 0 saturated carbocycles. The van der Waals surface area contributed by atoms with Crippen LogP contribution in [0.15, 0.2) is 0 Å². The van der Waals surface area contributed by atoms with Gasteiger partial charge < -0.3 is 10.0 Å². The van der Waals surface area contributed by atoms with Gasteiger partial charge in [0, 0.05) is 18.0 Å². The van der Waals surface area contributed by atoms with Crippen molar-refractivity contribution in [3.8, 4) is 0 Å². The normalized spacial score (nSPS) is 35.2. The smallest absolute Gasteiger partial charge is 0.225 e. The zero-order chi connectivity index (χ0) is 11.7. The first-order chi connectivity index (χ1) is 7.63. The van der Waals surface area contributed by atoms with E-state index in [1.807, 2.05) is 6.92 Å². The number of aliphatic hydroxyl groups is 1. The van der Waals surface area contributed by atoms with Crippen LogP contribution >= 0.6 is 0 Å². The first kappa shape index (κ1) is 11.9. The summed E-state index contributed by atoms with van der Waals surface area (Å²) < 4.78 is 0. The molecule has 16 heavy (non-hydrogen) atoms. The maximum absolute atomic E-state index is 12.3. The topological polar surface area (TPSA) is 40.5 Å². The van der Waals surface area contributed by atoms with Gasteiger partial charge in [0.1, 0.15) is 0 Å². The summed E-state index contributed by atoms with van der Waals surface area (Å²) in [6, 6.07) is 0.640. The third-order valence-corrected chi connectivity index (χ3v) is 4.11. The molecule has 2 aliphatic rings. The summed E-state index contributed by atoms with van der Waals surface area (Å²) in [6.07, 6.45) is 5.64. The fourth-order valence-corrected chi connectivity index (χ4v) is 3.32. The number of amides is 1. The van der Waals surface area contributed by atoms with Crippen LogP contribution in [0.3, 0.4) is 0 Å². The van der Waals surface area contributed by atoms with E-state index in [2.05, 4.69) is 11.8 Å². The van der Waals surface area contributed by atoms with E-state index < -0.39 is 0 Å². The predicted molar refractivity (Wildman–Crippen MR) is 63.0 cm³/mol. The van der Waals surface area contributed by atoms with Gasteiger partial charge in [0.2, 0.25) is 5.91 Å². The van der Waals surface area contributed by atoms with E-state index in [1.54, 1.807) is 0 Å². The minimum absolute atomic E-state index is 0.156. The third kappa shape index (κ3) is 2.10. The largest absolute Gasteiger partial charge is 0.393 e. The lowest BCUT2D eigenvalue weighted by atomic mass is 9.96.